The minimum Gasteiger partial charge on any atom is -0.491 e. The predicted molar refractivity (Wildman–Crippen MR) is 63.3 cm³/mol. The minimum absolute atomic E-state index is 0.132. The molecule has 0 saturated carbocycles. The van der Waals surface area contributed by atoms with E-state index in [-0.39, 0.29) is 12.5 Å². The lowest BCUT2D eigenvalue weighted by atomic mass is 10.2. The van der Waals surface area contributed by atoms with Crippen LogP contribution in [0.25, 0.3) is 0 Å². The number of ether oxygens (including phenoxy) is 1. The van der Waals surface area contributed by atoms with E-state index in [2.05, 4.69) is 0 Å². The monoisotopic (exact) mass is 222 g/mol. The molecule has 88 valence electrons. The van der Waals surface area contributed by atoms with E-state index in [1.54, 1.807) is 14.1 Å². The lowest BCUT2D eigenvalue weighted by Crippen LogP contribution is -2.43. The maximum Gasteiger partial charge on any atom is 0.242 e. The molecule has 1 aromatic carbocycles. The fraction of sp³-hybridized carbons (Fsp3) is 0.417. The molecule has 0 bridgehead atoms. The number of nitrogens with zero attached hydrogens (tertiary/aromatic N) is 1. The molecule has 4 heteroatoms. The Hall–Kier alpha value is -1.55. The van der Waals surface area contributed by atoms with E-state index < -0.39 is 6.04 Å². The molecule has 0 aliphatic carbocycles. The lowest BCUT2D eigenvalue weighted by Gasteiger charge is -2.17. The summed E-state index contributed by atoms with van der Waals surface area (Å²) in [6.45, 7) is 2.20. The zero-order chi connectivity index (χ0) is 12.1. The second-order valence-electron chi connectivity index (χ2n) is 3.96. The van der Waals surface area contributed by atoms with Gasteiger partial charge >= 0.3 is 0 Å². The molecule has 0 spiro atoms. The van der Waals surface area contributed by atoms with Crippen molar-refractivity contribution < 1.29 is 9.53 Å². The number of hydrogen-bond acceptors (Lipinski definition) is 3. The van der Waals surface area contributed by atoms with Crippen molar-refractivity contribution in [2.75, 3.05) is 20.7 Å². The van der Waals surface area contributed by atoms with Crippen molar-refractivity contribution in [3.05, 3.63) is 29.8 Å². The first-order valence-corrected chi connectivity index (χ1v) is 5.17. The van der Waals surface area contributed by atoms with E-state index in [0.29, 0.717) is 0 Å². The van der Waals surface area contributed by atoms with Gasteiger partial charge in [0.15, 0.2) is 0 Å². The van der Waals surface area contributed by atoms with Crippen molar-refractivity contribution in [1.29, 1.82) is 0 Å². The molecule has 0 fully saturated rings. The van der Waals surface area contributed by atoms with E-state index in [9.17, 15) is 4.79 Å². The molecule has 1 atom stereocenters. The van der Waals surface area contributed by atoms with Crippen LogP contribution in [0.15, 0.2) is 24.3 Å². The number of rotatable bonds is 4. The summed E-state index contributed by atoms with van der Waals surface area (Å²) >= 11 is 0. The highest BCUT2D eigenvalue weighted by molar-refractivity contribution is 5.81. The Morgan fingerprint density at radius 3 is 2.44 bits per heavy atom. The Morgan fingerprint density at radius 1 is 1.38 bits per heavy atom. The van der Waals surface area contributed by atoms with Gasteiger partial charge in [0.05, 0.1) is 0 Å². The standard InChI is InChI=1S/C12H18N2O2/c1-9-4-6-10(7-5-9)16-8-11(13)12(15)14(2)3/h4-7,11H,8,13H2,1-3H3. The average molecular weight is 222 g/mol. The van der Waals surface area contributed by atoms with E-state index in [4.69, 9.17) is 10.5 Å². The molecule has 0 aliphatic heterocycles. The molecule has 1 rings (SSSR count). The quantitative estimate of drug-likeness (QED) is 0.819. The molecule has 0 radical (unpaired) electrons. The van der Waals surface area contributed by atoms with Crippen LogP contribution in [0.5, 0.6) is 5.75 Å². The van der Waals surface area contributed by atoms with Gasteiger partial charge in [-0.3, -0.25) is 4.79 Å². The van der Waals surface area contributed by atoms with Gasteiger partial charge in [0.2, 0.25) is 5.91 Å². The van der Waals surface area contributed by atoms with Crippen LogP contribution in [-0.4, -0.2) is 37.6 Å². The number of hydrogen-bond donors (Lipinski definition) is 1. The van der Waals surface area contributed by atoms with Gasteiger partial charge in [-0.25, -0.2) is 0 Å². The van der Waals surface area contributed by atoms with E-state index >= 15 is 0 Å². The third-order valence-corrected chi connectivity index (χ3v) is 2.21. The number of carbonyl (C=O) groups excluding carboxylic acids is 1. The van der Waals surface area contributed by atoms with Crippen LogP contribution in [0.1, 0.15) is 5.56 Å². The molecule has 1 aromatic rings. The van der Waals surface area contributed by atoms with Crippen LogP contribution in [0.2, 0.25) is 0 Å². The molecule has 0 aromatic heterocycles. The third kappa shape index (κ3) is 3.55. The largest absolute Gasteiger partial charge is 0.491 e. The van der Waals surface area contributed by atoms with Gasteiger partial charge in [0, 0.05) is 14.1 Å². The Bertz CT molecular complexity index is 347. The van der Waals surface area contributed by atoms with Gasteiger partial charge in [-0.1, -0.05) is 17.7 Å². The zero-order valence-electron chi connectivity index (χ0n) is 9.93. The third-order valence-electron chi connectivity index (χ3n) is 2.21. The van der Waals surface area contributed by atoms with Crippen LogP contribution in [0.3, 0.4) is 0 Å². The van der Waals surface area contributed by atoms with E-state index in [0.717, 1.165) is 5.75 Å². The Kier molecular flexibility index (Phi) is 4.31. The molecule has 16 heavy (non-hydrogen) atoms. The normalized spacial score (nSPS) is 12.0. The Balaban J connectivity index is 2.45. The Morgan fingerprint density at radius 2 is 1.94 bits per heavy atom. The minimum atomic E-state index is -0.615. The predicted octanol–water partition coefficient (Wildman–Crippen LogP) is 0.789. The maximum absolute atomic E-state index is 11.4. The molecule has 4 nitrogen and oxygen atoms in total. The van der Waals surface area contributed by atoms with Crippen molar-refractivity contribution in [1.82, 2.24) is 4.90 Å². The summed E-state index contributed by atoms with van der Waals surface area (Å²) in [5, 5.41) is 0. The number of aryl methyl sites for hydroxylation is 1. The zero-order valence-corrected chi connectivity index (χ0v) is 9.93. The molecule has 2 N–H and O–H groups in total. The highest BCUT2D eigenvalue weighted by Crippen LogP contribution is 2.11. The summed E-state index contributed by atoms with van der Waals surface area (Å²) in [7, 11) is 3.35. The maximum atomic E-state index is 11.4. The first-order chi connectivity index (χ1) is 7.50. The first-order valence-electron chi connectivity index (χ1n) is 5.17. The summed E-state index contributed by atoms with van der Waals surface area (Å²) in [4.78, 5) is 12.9. The van der Waals surface area contributed by atoms with Crippen LogP contribution in [0.4, 0.5) is 0 Å². The average Bonchev–Trinajstić information content (AvgIpc) is 2.26. The van der Waals surface area contributed by atoms with Gasteiger partial charge < -0.3 is 15.4 Å². The van der Waals surface area contributed by atoms with Crippen molar-refractivity contribution in [2.45, 2.75) is 13.0 Å². The van der Waals surface area contributed by atoms with Crippen LogP contribution in [-0.2, 0) is 4.79 Å². The molecular weight excluding hydrogens is 204 g/mol. The van der Waals surface area contributed by atoms with Gasteiger partial charge in [0.25, 0.3) is 0 Å². The van der Waals surface area contributed by atoms with Crippen molar-refractivity contribution in [3.8, 4) is 5.75 Å². The van der Waals surface area contributed by atoms with Gasteiger partial charge in [-0.2, -0.15) is 0 Å². The Labute approximate surface area is 96.0 Å². The van der Waals surface area contributed by atoms with Crippen molar-refractivity contribution in [2.24, 2.45) is 5.73 Å². The van der Waals surface area contributed by atoms with Crippen LogP contribution < -0.4 is 10.5 Å². The molecule has 0 saturated heterocycles. The van der Waals surface area contributed by atoms with Gasteiger partial charge in [-0.05, 0) is 19.1 Å². The summed E-state index contributed by atoms with van der Waals surface area (Å²) in [5.74, 6) is 0.597. The lowest BCUT2D eigenvalue weighted by molar-refractivity contribution is -0.130. The van der Waals surface area contributed by atoms with Crippen molar-refractivity contribution >= 4 is 5.91 Å². The highest BCUT2D eigenvalue weighted by atomic mass is 16.5. The van der Waals surface area contributed by atoms with E-state index in [1.165, 1.54) is 10.5 Å². The number of benzene rings is 1. The summed E-state index contributed by atoms with van der Waals surface area (Å²) in [5.41, 5.74) is 6.85. The smallest absolute Gasteiger partial charge is 0.242 e. The van der Waals surface area contributed by atoms with Crippen molar-refractivity contribution in [3.63, 3.8) is 0 Å². The number of nitrogens with two attached hydrogens (primary N) is 1. The molecule has 1 unspecified atom stereocenters. The second-order valence-corrected chi connectivity index (χ2v) is 3.96. The SMILES string of the molecule is Cc1ccc(OCC(N)C(=O)N(C)C)cc1. The van der Waals surface area contributed by atoms with E-state index in [1.807, 2.05) is 31.2 Å². The number of likely N-dealkylation sites (N-methyl/N-ethyl adjacent to an activating group) is 1. The molecule has 0 aliphatic rings. The fourth-order valence-electron chi connectivity index (χ4n) is 1.22. The first kappa shape index (κ1) is 12.5. The van der Waals surface area contributed by atoms with Gasteiger partial charge in [0.1, 0.15) is 18.4 Å². The van der Waals surface area contributed by atoms with Gasteiger partial charge in [-0.15, -0.1) is 0 Å². The fourth-order valence-corrected chi connectivity index (χ4v) is 1.22. The molecule has 1 amide bonds. The molecular formula is C12H18N2O2. The molecule has 0 heterocycles. The number of carbonyl (C=O) groups is 1. The summed E-state index contributed by atoms with van der Waals surface area (Å²) < 4.78 is 5.42. The van der Waals surface area contributed by atoms with Crippen LogP contribution in [0, 0.1) is 6.92 Å². The summed E-state index contributed by atoms with van der Waals surface area (Å²) in [6, 6.07) is 7.02. The topological polar surface area (TPSA) is 55.6 Å². The number of amides is 1. The highest BCUT2D eigenvalue weighted by Gasteiger charge is 2.15. The van der Waals surface area contributed by atoms with Crippen LogP contribution >= 0.6 is 0 Å². The summed E-state index contributed by atoms with van der Waals surface area (Å²) in [6.07, 6.45) is 0. The second kappa shape index (κ2) is 5.51.